The molecule has 4 nitrogen and oxygen atoms in total. The van der Waals surface area contributed by atoms with E-state index >= 15 is 0 Å². The van der Waals surface area contributed by atoms with Crippen LogP contribution in [-0.2, 0) is 9.59 Å². The van der Waals surface area contributed by atoms with Crippen LogP contribution >= 0.6 is 0 Å². The molecule has 0 bridgehead atoms. The van der Waals surface area contributed by atoms with Gasteiger partial charge in [-0.3, -0.25) is 0 Å². The Balaban J connectivity index is 2.55. The summed E-state index contributed by atoms with van der Waals surface area (Å²) in [4.78, 5) is 23.7. The van der Waals surface area contributed by atoms with Gasteiger partial charge in [0.15, 0.2) is 0 Å². The highest BCUT2D eigenvalue weighted by molar-refractivity contribution is 5.83. The van der Waals surface area contributed by atoms with Gasteiger partial charge in [0.25, 0.3) is 0 Å². The van der Waals surface area contributed by atoms with Gasteiger partial charge in [-0.1, -0.05) is 128 Å². The van der Waals surface area contributed by atoms with Gasteiger partial charge in [-0.15, -0.1) is 0 Å². The summed E-state index contributed by atoms with van der Waals surface area (Å²) in [6, 6.07) is 0. The molecule has 0 spiro atoms. The maximum atomic E-state index is 11.9. The fourth-order valence-electron chi connectivity index (χ4n) is 4.26. The lowest BCUT2D eigenvalue weighted by molar-refractivity contribution is -0.317. The number of carboxylic acids is 2. The second-order valence-corrected chi connectivity index (χ2v) is 9.06. The highest BCUT2D eigenvalue weighted by Gasteiger charge is 2.35. The normalized spacial score (nSPS) is 23.0. The Labute approximate surface area is 183 Å². The van der Waals surface area contributed by atoms with E-state index in [2.05, 4.69) is 13.8 Å². The van der Waals surface area contributed by atoms with Crippen molar-refractivity contribution in [3.63, 3.8) is 0 Å². The first-order valence-electron chi connectivity index (χ1n) is 12.3. The Morgan fingerprint density at radius 3 is 1.07 bits per heavy atom. The van der Waals surface area contributed by atoms with Gasteiger partial charge in [0.2, 0.25) is 0 Å². The molecule has 1 aliphatic rings. The third kappa shape index (κ3) is 8.65. The van der Waals surface area contributed by atoms with Gasteiger partial charge < -0.3 is 19.8 Å². The lowest BCUT2D eigenvalue weighted by Crippen LogP contribution is -2.45. The third-order valence-corrected chi connectivity index (χ3v) is 6.50. The van der Waals surface area contributed by atoms with Gasteiger partial charge >= 0.3 is 0 Å². The second-order valence-electron chi connectivity index (χ2n) is 9.06. The number of hydrogen-bond acceptors (Lipinski definition) is 4. The zero-order valence-electron chi connectivity index (χ0n) is 19.3. The van der Waals surface area contributed by atoms with Crippen LogP contribution in [0.3, 0.4) is 0 Å². The molecule has 4 heteroatoms. The SMILES string of the molecule is CCCCCCCCCCC1(C(=O)[O-])C=CC(CCCCCCCC)(C(=O)[O-])C=C1. The fraction of sp³-hybridized carbons (Fsp3) is 0.769. The Bertz CT molecular complexity index is 547. The van der Waals surface area contributed by atoms with E-state index in [-0.39, 0.29) is 0 Å². The van der Waals surface area contributed by atoms with Crippen LogP contribution < -0.4 is 10.2 Å². The quantitative estimate of drug-likeness (QED) is 0.235. The third-order valence-electron chi connectivity index (χ3n) is 6.50. The Morgan fingerprint density at radius 2 is 0.800 bits per heavy atom. The molecular formula is C26H42O4-2. The minimum absolute atomic E-state index is 0.454. The molecule has 0 radical (unpaired) electrons. The van der Waals surface area contributed by atoms with Gasteiger partial charge in [0.05, 0.1) is 11.9 Å². The van der Waals surface area contributed by atoms with Crippen molar-refractivity contribution in [3.05, 3.63) is 24.3 Å². The molecule has 0 saturated heterocycles. The number of carboxylic acid groups (broad SMARTS) is 2. The summed E-state index contributed by atoms with van der Waals surface area (Å²) in [5.41, 5.74) is -2.38. The van der Waals surface area contributed by atoms with Crippen molar-refractivity contribution >= 4 is 11.9 Å². The van der Waals surface area contributed by atoms with Crippen LogP contribution in [0.25, 0.3) is 0 Å². The molecule has 0 aromatic heterocycles. The number of rotatable bonds is 18. The van der Waals surface area contributed by atoms with Crippen LogP contribution in [0.1, 0.15) is 117 Å². The smallest absolute Gasteiger partial charge is 0.0552 e. The molecular weight excluding hydrogens is 376 g/mol. The van der Waals surface area contributed by atoms with E-state index in [4.69, 9.17) is 0 Å². The van der Waals surface area contributed by atoms with Gasteiger partial charge in [-0.25, -0.2) is 0 Å². The van der Waals surface area contributed by atoms with E-state index in [0.29, 0.717) is 12.8 Å². The molecule has 30 heavy (non-hydrogen) atoms. The molecule has 0 aromatic carbocycles. The van der Waals surface area contributed by atoms with E-state index in [1.165, 1.54) is 51.4 Å². The molecule has 0 fully saturated rings. The van der Waals surface area contributed by atoms with Crippen LogP contribution in [0.15, 0.2) is 24.3 Å². The van der Waals surface area contributed by atoms with Crippen molar-refractivity contribution in [1.29, 1.82) is 0 Å². The van der Waals surface area contributed by atoms with Crippen LogP contribution in [0, 0.1) is 10.8 Å². The van der Waals surface area contributed by atoms with Crippen LogP contribution in [0.4, 0.5) is 0 Å². The minimum Gasteiger partial charge on any atom is -0.549 e. The van der Waals surface area contributed by atoms with Gasteiger partial charge in [0, 0.05) is 10.8 Å². The van der Waals surface area contributed by atoms with Crippen molar-refractivity contribution in [2.24, 2.45) is 10.8 Å². The molecule has 0 unspecified atom stereocenters. The summed E-state index contributed by atoms with van der Waals surface area (Å²) in [7, 11) is 0. The molecule has 0 heterocycles. The van der Waals surface area contributed by atoms with E-state index in [0.717, 1.165) is 38.5 Å². The number of hydrogen-bond donors (Lipinski definition) is 0. The number of aliphatic carboxylic acids is 2. The minimum atomic E-state index is -1.19. The number of carbonyl (C=O) groups is 2. The Morgan fingerprint density at radius 1 is 0.533 bits per heavy atom. The summed E-state index contributed by atoms with van der Waals surface area (Å²) in [5.74, 6) is -2.30. The van der Waals surface area contributed by atoms with Crippen molar-refractivity contribution in [3.8, 4) is 0 Å². The molecule has 1 rings (SSSR count). The largest absolute Gasteiger partial charge is 0.549 e. The first-order chi connectivity index (χ1) is 14.4. The topological polar surface area (TPSA) is 80.3 Å². The zero-order valence-corrected chi connectivity index (χ0v) is 19.3. The lowest BCUT2D eigenvalue weighted by atomic mass is 9.70. The predicted molar refractivity (Wildman–Crippen MR) is 118 cm³/mol. The molecule has 0 aromatic rings. The first-order valence-corrected chi connectivity index (χ1v) is 12.3. The van der Waals surface area contributed by atoms with E-state index < -0.39 is 22.8 Å². The van der Waals surface area contributed by atoms with Gasteiger partial charge in [-0.2, -0.15) is 0 Å². The summed E-state index contributed by atoms with van der Waals surface area (Å²) in [6.45, 7) is 4.37. The number of carbonyl (C=O) groups excluding carboxylic acids is 2. The molecule has 0 saturated carbocycles. The zero-order chi connectivity index (χ0) is 22.3. The van der Waals surface area contributed by atoms with Gasteiger partial charge in [0.1, 0.15) is 0 Å². The van der Waals surface area contributed by atoms with Crippen molar-refractivity contribution in [2.75, 3.05) is 0 Å². The predicted octanol–water partition coefficient (Wildman–Crippen LogP) is 4.87. The summed E-state index contributed by atoms with van der Waals surface area (Å²) < 4.78 is 0. The maximum Gasteiger partial charge on any atom is 0.0552 e. The Hall–Kier alpha value is -1.58. The average Bonchev–Trinajstić information content (AvgIpc) is 2.73. The second kappa shape index (κ2) is 14.4. The van der Waals surface area contributed by atoms with Crippen molar-refractivity contribution in [2.45, 2.75) is 117 Å². The standard InChI is InChI=1S/C26H44O4/c1-3-5-7-9-11-12-14-16-18-26(24(29)30)21-19-25(20-22-26,23(27)28)17-15-13-10-8-6-4-2/h19-22H,3-18H2,1-2H3,(H,27,28)(H,29,30)/p-2. The summed E-state index contributed by atoms with van der Waals surface area (Å²) in [6.07, 6.45) is 22.7. The van der Waals surface area contributed by atoms with Crippen LogP contribution in [0.2, 0.25) is 0 Å². The molecule has 0 aliphatic heterocycles. The Kier molecular flexibility index (Phi) is 12.7. The molecule has 0 amide bonds. The number of unbranched alkanes of at least 4 members (excludes halogenated alkanes) is 12. The van der Waals surface area contributed by atoms with Crippen molar-refractivity contribution in [1.82, 2.24) is 0 Å². The van der Waals surface area contributed by atoms with E-state index in [1.807, 2.05) is 0 Å². The fourth-order valence-corrected chi connectivity index (χ4v) is 4.26. The van der Waals surface area contributed by atoms with Gasteiger partial charge in [-0.05, 0) is 12.8 Å². The molecule has 0 atom stereocenters. The lowest BCUT2D eigenvalue weighted by Gasteiger charge is -2.38. The highest BCUT2D eigenvalue weighted by atomic mass is 16.4. The van der Waals surface area contributed by atoms with Crippen LogP contribution in [-0.4, -0.2) is 11.9 Å². The average molecular weight is 419 g/mol. The molecule has 172 valence electrons. The summed E-state index contributed by atoms with van der Waals surface area (Å²) in [5, 5.41) is 23.7. The maximum absolute atomic E-state index is 11.9. The molecule has 1 aliphatic carbocycles. The van der Waals surface area contributed by atoms with Crippen molar-refractivity contribution < 1.29 is 19.8 Å². The van der Waals surface area contributed by atoms with E-state index in [1.54, 1.807) is 24.3 Å². The monoisotopic (exact) mass is 418 g/mol. The highest BCUT2D eigenvalue weighted by Crippen LogP contribution is 2.40. The van der Waals surface area contributed by atoms with Crippen LogP contribution in [0.5, 0.6) is 0 Å². The van der Waals surface area contributed by atoms with E-state index in [9.17, 15) is 19.8 Å². The molecule has 0 N–H and O–H groups in total. The summed E-state index contributed by atoms with van der Waals surface area (Å²) >= 11 is 0. The first kappa shape index (κ1) is 26.5.